The summed E-state index contributed by atoms with van der Waals surface area (Å²) in [6, 6.07) is 0. The van der Waals surface area contributed by atoms with E-state index in [1.165, 1.54) is 7.11 Å². The monoisotopic (exact) mass is 180 g/mol. The van der Waals surface area contributed by atoms with Crippen LogP contribution in [-0.2, 0) is 4.84 Å². The predicted molar refractivity (Wildman–Crippen MR) is 52.7 cm³/mol. The summed E-state index contributed by atoms with van der Waals surface area (Å²) in [5.74, 6) is 0. The van der Waals surface area contributed by atoms with E-state index in [1.807, 2.05) is 31.2 Å². The Kier molecular flexibility index (Phi) is 3.03. The third-order valence-electron chi connectivity index (χ3n) is 2.04. The highest BCUT2D eigenvalue weighted by molar-refractivity contribution is 5.32. The fourth-order valence-corrected chi connectivity index (χ4v) is 1.12. The van der Waals surface area contributed by atoms with Crippen molar-refractivity contribution in [2.24, 2.45) is 0 Å². The van der Waals surface area contributed by atoms with Crippen molar-refractivity contribution in [1.29, 1.82) is 0 Å². The van der Waals surface area contributed by atoms with Crippen LogP contribution in [0, 0.1) is 5.21 Å². The molecule has 1 rings (SSSR count). The molecule has 0 bridgehead atoms. The van der Waals surface area contributed by atoms with E-state index in [-0.39, 0.29) is 0 Å². The molecule has 0 radical (unpaired) electrons. The van der Waals surface area contributed by atoms with E-state index < -0.39 is 5.54 Å². The van der Waals surface area contributed by atoms with Crippen molar-refractivity contribution in [1.82, 2.24) is 5.23 Å². The van der Waals surface area contributed by atoms with Gasteiger partial charge in [-0.15, -0.1) is 0 Å². The molecular weight excluding hydrogens is 166 g/mol. The molecule has 0 aliphatic heterocycles. The maximum atomic E-state index is 11.3. The molecule has 0 aromatic rings. The number of allylic oxidation sites excluding steroid dienone is 4. The Hall–Kier alpha value is -0.900. The molecular formula is C10H14NO2-. The van der Waals surface area contributed by atoms with Crippen LogP contribution < -0.4 is 0 Å². The summed E-state index contributed by atoms with van der Waals surface area (Å²) in [5, 5.41) is 11.9. The molecule has 72 valence electrons. The Morgan fingerprint density at radius 1 is 1.46 bits per heavy atom. The van der Waals surface area contributed by atoms with Crippen LogP contribution >= 0.6 is 0 Å². The first-order valence-electron chi connectivity index (χ1n) is 4.15. The topological polar surface area (TPSA) is 35.5 Å². The molecule has 3 heteroatoms. The molecule has 1 aliphatic carbocycles. The highest BCUT2D eigenvalue weighted by Gasteiger charge is 2.19. The molecule has 0 heterocycles. The highest BCUT2D eigenvalue weighted by Crippen LogP contribution is 2.21. The summed E-state index contributed by atoms with van der Waals surface area (Å²) >= 11 is 0. The van der Waals surface area contributed by atoms with Gasteiger partial charge in [0.1, 0.15) is 0 Å². The zero-order valence-electron chi connectivity index (χ0n) is 8.15. The number of nitrogens with zero attached hydrogens (tertiary/aromatic N) is 1. The van der Waals surface area contributed by atoms with Crippen LogP contribution in [0.2, 0.25) is 0 Å². The van der Waals surface area contributed by atoms with E-state index in [0.29, 0.717) is 5.23 Å². The Labute approximate surface area is 78.5 Å². The van der Waals surface area contributed by atoms with Gasteiger partial charge >= 0.3 is 0 Å². The van der Waals surface area contributed by atoms with Gasteiger partial charge in [-0.25, -0.2) is 5.23 Å². The lowest BCUT2D eigenvalue weighted by atomic mass is 10.0. The Balaban J connectivity index is 2.89. The third-order valence-corrected chi connectivity index (χ3v) is 2.04. The van der Waals surface area contributed by atoms with E-state index in [0.717, 1.165) is 5.57 Å². The molecule has 13 heavy (non-hydrogen) atoms. The van der Waals surface area contributed by atoms with Crippen LogP contribution in [0.1, 0.15) is 13.8 Å². The Bertz CT molecular complexity index is 268. The SMILES string of the molecule is CON([O-])C1(C)C=CC=C(C)C=C1. The summed E-state index contributed by atoms with van der Waals surface area (Å²) < 4.78 is 0. The fourth-order valence-electron chi connectivity index (χ4n) is 1.12. The van der Waals surface area contributed by atoms with Crippen molar-refractivity contribution in [2.45, 2.75) is 19.4 Å². The molecule has 0 amide bonds. The van der Waals surface area contributed by atoms with Gasteiger partial charge in [-0.2, -0.15) is 0 Å². The first-order chi connectivity index (χ1) is 6.08. The van der Waals surface area contributed by atoms with Gasteiger partial charge in [-0.1, -0.05) is 36.0 Å². The zero-order valence-corrected chi connectivity index (χ0v) is 8.15. The molecule has 0 saturated carbocycles. The standard InChI is InChI=1S/C10H14NO2/c1-9-5-4-7-10(2,8-6-9)11(12)13-3/h4-8H,1-3H3/q-1. The summed E-state index contributed by atoms with van der Waals surface area (Å²) in [5.41, 5.74) is 0.410. The zero-order chi connectivity index (χ0) is 9.90. The first-order valence-corrected chi connectivity index (χ1v) is 4.15. The molecule has 0 saturated heterocycles. The molecule has 0 spiro atoms. The minimum atomic E-state index is -0.705. The lowest BCUT2D eigenvalue weighted by molar-refractivity contribution is -0.127. The van der Waals surface area contributed by atoms with Gasteiger partial charge in [0.25, 0.3) is 0 Å². The minimum absolute atomic E-state index is 0.576. The predicted octanol–water partition coefficient (Wildman–Crippen LogP) is 2.18. The van der Waals surface area contributed by atoms with Crippen molar-refractivity contribution in [3.05, 3.63) is 41.2 Å². The average molecular weight is 180 g/mol. The Morgan fingerprint density at radius 2 is 2.15 bits per heavy atom. The van der Waals surface area contributed by atoms with Crippen LogP contribution in [0.25, 0.3) is 0 Å². The van der Waals surface area contributed by atoms with E-state index in [4.69, 9.17) is 0 Å². The highest BCUT2D eigenvalue weighted by atomic mass is 16.9. The van der Waals surface area contributed by atoms with Crippen LogP contribution in [0.3, 0.4) is 0 Å². The molecule has 0 N–H and O–H groups in total. The molecule has 0 aromatic heterocycles. The van der Waals surface area contributed by atoms with Gasteiger partial charge in [0.2, 0.25) is 0 Å². The molecule has 0 aromatic carbocycles. The summed E-state index contributed by atoms with van der Waals surface area (Å²) in [6.07, 6.45) is 9.34. The lowest BCUT2D eigenvalue weighted by Gasteiger charge is -2.39. The van der Waals surface area contributed by atoms with E-state index in [2.05, 4.69) is 4.84 Å². The largest absolute Gasteiger partial charge is 0.761 e. The van der Waals surface area contributed by atoms with E-state index in [1.54, 1.807) is 13.0 Å². The minimum Gasteiger partial charge on any atom is -0.761 e. The van der Waals surface area contributed by atoms with Crippen LogP contribution in [0.4, 0.5) is 0 Å². The van der Waals surface area contributed by atoms with Gasteiger partial charge in [-0.05, 0) is 13.8 Å². The van der Waals surface area contributed by atoms with E-state index >= 15 is 0 Å². The van der Waals surface area contributed by atoms with Gasteiger partial charge < -0.3 is 10.0 Å². The molecule has 0 fully saturated rings. The van der Waals surface area contributed by atoms with Gasteiger partial charge in [0.15, 0.2) is 0 Å². The summed E-state index contributed by atoms with van der Waals surface area (Å²) in [6.45, 7) is 3.78. The van der Waals surface area contributed by atoms with Crippen LogP contribution in [-0.4, -0.2) is 17.9 Å². The second-order valence-electron chi connectivity index (χ2n) is 3.27. The quantitative estimate of drug-likeness (QED) is 0.611. The molecule has 1 atom stereocenters. The first kappa shape index (κ1) is 10.2. The maximum Gasteiger partial charge on any atom is 0.0667 e. The van der Waals surface area contributed by atoms with Crippen LogP contribution in [0.5, 0.6) is 0 Å². The molecule has 1 aliphatic rings. The van der Waals surface area contributed by atoms with Gasteiger partial charge in [-0.3, -0.25) is 0 Å². The number of rotatable bonds is 2. The second kappa shape index (κ2) is 3.87. The fraction of sp³-hybridized carbons (Fsp3) is 0.400. The molecule has 3 nitrogen and oxygen atoms in total. The van der Waals surface area contributed by atoms with Crippen molar-refractivity contribution >= 4 is 0 Å². The molecule has 1 unspecified atom stereocenters. The summed E-state index contributed by atoms with van der Waals surface area (Å²) in [7, 11) is 1.37. The van der Waals surface area contributed by atoms with Crippen molar-refractivity contribution in [3.8, 4) is 0 Å². The van der Waals surface area contributed by atoms with E-state index in [9.17, 15) is 5.21 Å². The third kappa shape index (κ3) is 2.28. The van der Waals surface area contributed by atoms with Gasteiger partial charge in [0, 0.05) is 0 Å². The number of hydrogen-bond acceptors (Lipinski definition) is 3. The maximum absolute atomic E-state index is 11.3. The van der Waals surface area contributed by atoms with Crippen molar-refractivity contribution in [2.75, 3.05) is 7.11 Å². The summed E-state index contributed by atoms with van der Waals surface area (Å²) in [4.78, 5) is 4.64. The normalized spacial score (nSPS) is 27.6. The Morgan fingerprint density at radius 3 is 2.77 bits per heavy atom. The average Bonchev–Trinajstić information content (AvgIpc) is 2.28. The van der Waals surface area contributed by atoms with Gasteiger partial charge in [0.05, 0.1) is 12.6 Å². The van der Waals surface area contributed by atoms with Crippen LogP contribution in [0.15, 0.2) is 36.0 Å². The van der Waals surface area contributed by atoms with Crippen molar-refractivity contribution in [3.63, 3.8) is 0 Å². The second-order valence-corrected chi connectivity index (χ2v) is 3.27. The number of hydroxylamine groups is 2. The number of hydrogen-bond donors (Lipinski definition) is 0. The lowest BCUT2D eigenvalue weighted by Crippen LogP contribution is -2.38. The van der Waals surface area contributed by atoms with Crippen molar-refractivity contribution < 1.29 is 4.84 Å². The smallest absolute Gasteiger partial charge is 0.0667 e.